The van der Waals surface area contributed by atoms with Gasteiger partial charge in [-0.25, -0.2) is 8.78 Å². The van der Waals surface area contributed by atoms with Gasteiger partial charge in [-0.2, -0.15) is 11.8 Å². The van der Waals surface area contributed by atoms with Gasteiger partial charge >= 0.3 is 5.97 Å². The van der Waals surface area contributed by atoms with Crippen molar-refractivity contribution in [3.63, 3.8) is 0 Å². The molecule has 0 aromatic rings. The molecule has 0 amide bonds. The van der Waals surface area contributed by atoms with Crippen molar-refractivity contribution >= 4 is 17.7 Å². The van der Waals surface area contributed by atoms with Crippen LogP contribution in [0.15, 0.2) is 0 Å². The Kier molecular flexibility index (Phi) is 9.42. The fourth-order valence-electron chi connectivity index (χ4n) is 1.33. The van der Waals surface area contributed by atoms with E-state index in [0.717, 1.165) is 6.42 Å². The third kappa shape index (κ3) is 8.72. The van der Waals surface area contributed by atoms with Crippen LogP contribution >= 0.6 is 11.8 Å². The van der Waals surface area contributed by atoms with Gasteiger partial charge in [-0.05, 0) is 18.6 Å². The van der Waals surface area contributed by atoms with E-state index in [-0.39, 0.29) is 24.1 Å². The van der Waals surface area contributed by atoms with Gasteiger partial charge in [0.2, 0.25) is 5.92 Å². The lowest BCUT2D eigenvalue weighted by molar-refractivity contribution is -0.143. The van der Waals surface area contributed by atoms with Crippen LogP contribution in [0.3, 0.4) is 0 Å². The Balaban J connectivity index is 3.71. The molecule has 0 saturated carbocycles. The summed E-state index contributed by atoms with van der Waals surface area (Å²) < 4.78 is 31.0. The van der Waals surface area contributed by atoms with Gasteiger partial charge in [0, 0.05) is 24.5 Å². The van der Waals surface area contributed by atoms with E-state index in [1.54, 1.807) is 18.7 Å². The molecule has 0 saturated heterocycles. The molecule has 0 aromatic carbocycles. The molecule has 5 heteroatoms. The van der Waals surface area contributed by atoms with Gasteiger partial charge in [0.1, 0.15) is 6.61 Å². The molecule has 0 rings (SSSR count). The molecule has 0 aromatic heterocycles. The zero-order valence-corrected chi connectivity index (χ0v) is 12.3. The van der Waals surface area contributed by atoms with Crippen LogP contribution in [-0.2, 0) is 9.53 Å². The molecule has 0 aliphatic rings. The molecular formula is C13H24F2O2S. The average Bonchev–Trinajstić information content (AvgIpc) is 2.37. The molecule has 0 spiro atoms. The summed E-state index contributed by atoms with van der Waals surface area (Å²) in [6.45, 7) is 5.66. The third-order valence-corrected chi connectivity index (χ3v) is 4.20. The van der Waals surface area contributed by atoms with Crippen LogP contribution < -0.4 is 0 Å². The first-order valence-corrected chi connectivity index (χ1v) is 7.65. The summed E-state index contributed by atoms with van der Waals surface area (Å²) in [5.74, 6) is -2.04. The van der Waals surface area contributed by atoms with Crippen LogP contribution in [0.1, 0.15) is 52.9 Å². The van der Waals surface area contributed by atoms with Gasteiger partial charge in [-0.3, -0.25) is 4.79 Å². The second-order valence-corrected chi connectivity index (χ2v) is 5.66. The van der Waals surface area contributed by atoms with Gasteiger partial charge in [0.05, 0.1) is 0 Å². The molecule has 2 nitrogen and oxygen atoms in total. The molecule has 0 aliphatic heterocycles. The fraction of sp³-hybridized carbons (Fsp3) is 0.923. The Bertz CT molecular complexity index is 235. The summed E-state index contributed by atoms with van der Waals surface area (Å²) in [6, 6.07) is 0. The second kappa shape index (κ2) is 9.59. The van der Waals surface area contributed by atoms with Crippen molar-refractivity contribution in [1.82, 2.24) is 0 Å². The van der Waals surface area contributed by atoms with Gasteiger partial charge in [-0.15, -0.1) is 0 Å². The Labute approximate surface area is 113 Å². The zero-order chi connectivity index (χ0) is 14.0. The van der Waals surface area contributed by atoms with Crippen molar-refractivity contribution in [3.05, 3.63) is 0 Å². The Hall–Kier alpha value is -0.320. The average molecular weight is 282 g/mol. The van der Waals surface area contributed by atoms with E-state index in [9.17, 15) is 13.6 Å². The Morgan fingerprint density at radius 1 is 1.33 bits per heavy atom. The number of carbonyl (C=O) groups is 1. The third-order valence-electron chi connectivity index (χ3n) is 2.73. The topological polar surface area (TPSA) is 26.3 Å². The minimum atomic E-state index is -2.53. The monoisotopic (exact) mass is 282 g/mol. The summed E-state index contributed by atoms with van der Waals surface area (Å²) in [6.07, 6.45) is 1.62. The summed E-state index contributed by atoms with van der Waals surface area (Å²) >= 11 is 1.61. The lowest BCUT2D eigenvalue weighted by Gasteiger charge is -2.16. The van der Waals surface area contributed by atoms with E-state index in [1.807, 2.05) is 6.92 Å². The number of alkyl halides is 2. The fourth-order valence-corrected chi connectivity index (χ4v) is 2.37. The van der Waals surface area contributed by atoms with E-state index in [1.165, 1.54) is 6.92 Å². The predicted octanol–water partition coefficient (Wildman–Crippen LogP) is 4.28. The molecule has 1 unspecified atom stereocenters. The summed E-state index contributed by atoms with van der Waals surface area (Å²) in [5.41, 5.74) is 0. The van der Waals surface area contributed by atoms with E-state index >= 15 is 0 Å². The number of carbonyl (C=O) groups excluding carboxylic acids is 1. The highest BCUT2D eigenvalue weighted by Crippen LogP contribution is 2.26. The minimum absolute atomic E-state index is 0.0539. The maximum Gasteiger partial charge on any atom is 0.305 e. The van der Waals surface area contributed by atoms with E-state index in [2.05, 4.69) is 0 Å². The van der Waals surface area contributed by atoms with E-state index in [4.69, 9.17) is 4.74 Å². The number of halogens is 2. The summed E-state index contributed by atoms with van der Waals surface area (Å²) in [4.78, 5) is 11.0. The lowest BCUT2D eigenvalue weighted by atomic mass is 10.1. The van der Waals surface area contributed by atoms with E-state index in [0.29, 0.717) is 25.2 Å². The number of rotatable bonds is 10. The minimum Gasteiger partial charge on any atom is -0.465 e. The number of esters is 1. The summed E-state index contributed by atoms with van der Waals surface area (Å²) in [5, 5.41) is 0.218. The van der Waals surface area contributed by atoms with E-state index < -0.39 is 5.92 Å². The number of ether oxygens (including phenoxy) is 1. The Morgan fingerprint density at radius 3 is 2.50 bits per heavy atom. The zero-order valence-electron chi connectivity index (χ0n) is 11.5. The quantitative estimate of drug-likeness (QED) is 0.442. The number of thioether (sulfide) groups is 1. The first kappa shape index (κ1) is 17.7. The van der Waals surface area contributed by atoms with Crippen molar-refractivity contribution in [3.8, 4) is 0 Å². The molecule has 0 N–H and O–H groups in total. The van der Waals surface area contributed by atoms with Crippen LogP contribution in [0, 0.1) is 0 Å². The largest absolute Gasteiger partial charge is 0.465 e. The van der Waals surface area contributed by atoms with Crippen LogP contribution in [-0.4, -0.2) is 29.5 Å². The van der Waals surface area contributed by atoms with Gasteiger partial charge in [0.25, 0.3) is 0 Å². The number of hydrogen-bond donors (Lipinski definition) is 0. The first-order chi connectivity index (χ1) is 8.45. The van der Waals surface area contributed by atoms with Crippen LogP contribution in [0.2, 0.25) is 0 Å². The van der Waals surface area contributed by atoms with Crippen molar-refractivity contribution in [2.24, 2.45) is 0 Å². The molecule has 0 fully saturated rings. The molecule has 0 aliphatic carbocycles. The van der Waals surface area contributed by atoms with Gasteiger partial charge in [-0.1, -0.05) is 20.8 Å². The standard InChI is InChI=1S/C13H24F2O2S/c1-4-11(10-17-12(16)5-2)18-9-7-8-13(14,15)6-3/h11H,4-10H2,1-3H3. The second-order valence-electron chi connectivity index (χ2n) is 4.25. The van der Waals surface area contributed by atoms with Gasteiger partial charge in [0.15, 0.2) is 0 Å². The summed E-state index contributed by atoms with van der Waals surface area (Å²) in [7, 11) is 0. The highest BCUT2D eigenvalue weighted by atomic mass is 32.2. The molecule has 0 bridgehead atoms. The highest BCUT2D eigenvalue weighted by molar-refractivity contribution is 7.99. The molecule has 108 valence electrons. The molecule has 0 radical (unpaired) electrons. The maximum atomic E-state index is 13.0. The molecule has 18 heavy (non-hydrogen) atoms. The highest BCUT2D eigenvalue weighted by Gasteiger charge is 2.25. The molecular weight excluding hydrogens is 258 g/mol. The van der Waals surface area contributed by atoms with Crippen molar-refractivity contribution in [2.75, 3.05) is 12.4 Å². The van der Waals surface area contributed by atoms with Crippen molar-refractivity contribution in [1.29, 1.82) is 0 Å². The lowest BCUT2D eigenvalue weighted by Crippen LogP contribution is -2.17. The number of hydrogen-bond acceptors (Lipinski definition) is 3. The smallest absolute Gasteiger partial charge is 0.305 e. The SMILES string of the molecule is CCC(=O)OCC(CC)SCCCC(F)(F)CC. The van der Waals surface area contributed by atoms with Crippen LogP contribution in [0.25, 0.3) is 0 Å². The first-order valence-electron chi connectivity index (χ1n) is 6.60. The van der Waals surface area contributed by atoms with Crippen molar-refractivity contribution < 1.29 is 18.3 Å². The van der Waals surface area contributed by atoms with Gasteiger partial charge < -0.3 is 4.74 Å². The molecule has 0 heterocycles. The predicted molar refractivity (Wildman–Crippen MR) is 72.3 cm³/mol. The molecule has 1 atom stereocenters. The normalized spacial score (nSPS) is 13.4. The maximum absolute atomic E-state index is 13.0. The van der Waals surface area contributed by atoms with Crippen LogP contribution in [0.4, 0.5) is 8.78 Å². The Morgan fingerprint density at radius 2 is 2.00 bits per heavy atom. The van der Waals surface area contributed by atoms with Crippen molar-refractivity contribution in [2.45, 2.75) is 64.0 Å². The van der Waals surface area contributed by atoms with Crippen LogP contribution in [0.5, 0.6) is 0 Å².